The number of rotatable bonds is 3. The van der Waals surface area contributed by atoms with Crippen LogP contribution in [0.15, 0.2) is 24.3 Å². The fraction of sp³-hybridized carbons (Fsp3) is 0.111. The Bertz CT molecular complexity index is 448. The lowest BCUT2D eigenvalue weighted by atomic mass is 10.1. The Morgan fingerprint density at radius 1 is 1.33 bits per heavy atom. The minimum Gasteiger partial charge on any atom is -0.369 e. The van der Waals surface area contributed by atoms with Gasteiger partial charge in [-0.2, -0.15) is 0 Å². The van der Waals surface area contributed by atoms with E-state index in [1.165, 1.54) is 0 Å². The summed E-state index contributed by atoms with van der Waals surface area (Å²) < 4.78 is 0. The molecule has 0 aliphatic heterocycles. The molecule has 2 aromatic rings. The van der Waals surface area contributed by atoms with Gasteiger partial charge in [-0.05, 0) is 16.0 Å². The summed E-state index contributed by atoms with van der Waals surface area (Å²) >= 11 is 0. The number of nitrogens with zero attached hydrogens (tertiary/aromatic N) is 3. The highest BCUT2D eigenvalue weighted by molar-refractivity contribution is 5.76. The van der Waals surface area contributed by atoms with Crippen molar-refractivity contribution in [2.24, 2.45) is 5.73 Å². The molecule has 15 heavy (non-hydrogen) atoms. The maximum Gasteiger partial charge on any atom is 0.221 e. The molecular formula is C9H9N5O. The minimum atomic E-state index is -0.343. The average Bonchev–Trinajstić information content (AvgIpc) is 2.71. The lowest BCUT2D eigenvalue weighted by Gasteiger charge is -1.98. The van der Waals surface area contributed by atoms with Gasteiger partial charge in [0.25, 0.3) is 0 Å². The van der Waals surface area contributed by atoms with E-state index in [-0.39, 0.29) is 12.3 Å². The van der Waals surface area contributed by atoms with Gasteiger partial charge in [0.05, 0.1) is 6.42 Å². The topological polar surface area (TPSA) is 97.6 Å². The van der Waals surface area contributed by atoms with Crippen LogP contribution in [0, 0.1) is 0 Å². The van der Waals surface area contributed by atoms with Crippen molar-refractivity contribution in [1.82, 2.24) is 20.6 Å². The van der Waals surface area contributed by atoms with Crippen LogP contribution in [0.25, 0.3) is 11.4 Å². The monoisotopic (exact) mass is 203 g/mol. The number of nitrogens with one attached hydrogen (secondary N) is 1. The molecule has 6 heteroatoms. The fourth-order valence-electron chi connectivity index (χ4n) is 1.26. The lowest BCUT2D eigenvalue weighted by Crippen LogP contribution is -2.13. The number of H-pyrrole nitrogens is 1. The molecule has 1 heterocycles. The molecule has 0 fully saturated rings. The van der Waals surface area contributed by atoms with Crippen LogP contribution in [0.3, 0.4) is 0 Å². The van der Waals surface area contributed by atoms with Crippen molar-refractivity contribution in [1.29, 1.82) is 0 Å². The van der Waals surface area contributed by atoms with E-state index in [1.54, 1.807) is 0 Å². The first-order valence-corrected chi connectivity index (χ1v) is 4.37. The average molecular weight is 203 g/mol. The summed E-state index contributed by atoms with van der Waals surface area (Å²) in [5, 5.41) is 13.4. The molecule has 0 saturated heterocycles. The largest absolute Gasteiger partial charge is 0.369 e. The van der Waals surface area contributed by atoms with Gasteiger partial charge in [0.2, 0.25) is 5.91 Å². The first kappa shape index (κ1) is 9.32. The van der Waals surface area contributed by atoms with Gasteiger partial charge in [0, 0.05) is 5.56 Å². The third-order valence-corrected chi connectivity index (χ3v) is 1.95. The zero-order chi connectivity index (χ0) is 10.7. The highest BCUT2D eigenvalue weighted by Gasteiger charge is 2.02. The Kier molecular flexibility index (Phi) is 2.40. The number of nitrogens with two attached hydrogens (primary N) is 1. The Balaban J connectivity index is 2.21. The van der Waals surface area contributed by atoms with Gasteiger partial charge in [-0.15, -0.1) is 5.10 Å². The van der Waals surface area contributed by atoms with Crippen molar-refractivity contribution in [3.63, 3.8) is 0 Å². The molecule has 0 atom stereocenters. The molecule has 0 radical (unpaired) electrons. The molecule has 6 nitrogen and oxygen atoms in total. The number of aromatic amines is 1. The standard InChI is InChI=1S/C9H9N5O/c10-8(15)5-6-1-3-7(4-2-6)9-11-13-14-12-9/h1-4H,5H2,(H2,10,15)(H,11,12,13,14). The maximum absolute atomic E-state index is 10.7. The second-order valence-electron chi connectivity index (χ2n) is 3.09. The molecular weight excluding hydrogens is 194 g/mol. The summed E-state index contributed by atoms with van der Waals surface area (Å²) in [6.07, 6.45) is 0.245. The third-order valence-electron chi connectivity index (χ3n) is 1.95. The van der Waals surface area contributed by atoms with Crippen LogP contribution >= 0.6 is 0 Å². The van der Waals surface area contributed by atoms with E-state index in [1.807, 2.05) is 24.3 Å². The molecule has 0 unspecified atom stereocenters. The van der Waals surface area contributed by atoms with E-state index in [2.05, 4.69) is 20.6 Å². The summed E-state index contributed by atoms with van der Waals surface area (Å²) in [7, 11) is 0. The van der Waals surface area contributed by atoms with Crippen molar-refractivity contribution in [2.45, 2.75) is 6.42 Å². The zero-order valence-corrected chi connectivity index (χ0v) is 7.84. The van der Waals surface area contributed by atoms with Gasteiger partial charge in [0.1, 0.15) is 0 Å². The van der Waals surface area contributed by atoms with E-state index in [4.69, 9.17) is 5.73 Å². The summed E-state index contributed by atoms with van der Waals surface area (Å²) in [5.74, 6) is 0.254. The molecule has 1 aromatic heterocycles. The van der Waals surface area contributed by atoms with Gasteiger partial charge < -0.3 is 5.73 Å². The molecule has 0 spiro atoms. The van der Waals surface area contributed by atoms with Crippen molar-refractivity contribution in [2.75, 3.05) is 0 Å². The van der Waals surface area contributed by atoms with Crippen LogP contribution < -0.4 is 5.73 Å². The number of amides is 1. The van der Waals surface area contributed by atoms with E-state index >= 15 is 0 Å². The van der Waals surface area contributed by atoms with Crippen LogP contribution in [0.4, 0.5) is 0 Å². The van der Waals surface area contributed by atoms with Gasteiger partial charge >= 0.3 is 0 Å². The molecule has 76 valence electrons. The van der Waals surface area contributed by atoms with Crippen molar-refractivity contribution in [3.05, 3.63) is 29.8 Å². The second-order valence-corrected chi connectivity index (χ2v) is 3.09. The minimum absolute atomic E-state index is 0.245. The first-order chi connectivity index (χ1) is 7.25. The highest BCUT2D eigenvalue weighted by atomic mass is 16.1. The predicted octanol–water partition coefficient (Wildman–Crippen LogP) is -0.106. The van der Waals surface area contributed by atoms with Crippen LogP contribution in [0.5, 0.6) is 0 Å². The molecule has 0 aliphatic rings. The normalized spacial score (nSPS) is 10.1. The third kappa shape index (κ3) is 2.16. The van der Waals surface area contributed by atoms with Gasteiger partial charge in [0.15, 0.2) is 5.82 Å². The van der Waals surface area contributed by atoms with Crippen molar-refractivity contribution >= 4 is 5.91 Å². The van der Waals surface area contributed by atoms with Crippen LogP contribution in [-0.2, 0) is 11.2 Å². The molecule has 0 saturated carbocycles. The van der Waals surface area contributed by atoms with Crippen LogP contribution in [-0.4, -0.2) is 26.5 Å². The number of carbonyl (C=O) groups excluding carboxylic acids is 1. The van der Waals surface area contributed by atoms with Crippen LogP contribution in [0.2, 0.25) is 0 Å². The molecule has 1 amide bonds. The number of hydrogen-bond donors (Lipinski definition) is 2. The number of aromatic nitrogens is 4. The Hall–Kier alpha value is -2.24. The Morgan fingerprint density at radius 3 is 2.60 bits per heavy atom. The predicted molar refractivity (Wildman–Crippen MR) is 52.5 cm³/mol. The van der Waals surface area contributed by atoms with E-state index in [0.29, 0.717) is 5.82 Å². The molecule has 0 aliphatic carbocycles. The van der Waals surface area contributed by atoms with E-state index < -0.39 is 0 Å². The summed E-state index contributed by atoms with van der Waals surface area (Å²) in [6.45, 7) is 0. The Labute approximate surface area is 85.5 Å². The Morgan fingerprint density at radius 2 is 2.07 bits per heavy atom. The first-order valence-electron chi connectivity index (χ1n) is 4.37. The summed E-state index contributed by atoms with van der Waals surface area (Å²) in [6, 6.07) is 7.31. The number of tetrazole rings is 1. The number of benzene rings is 1. The van der Waals surface area contributed by atoms with Crippen molar-refractivity contribution < 1.29 is 4.79 Å². The maximum atomic E-state index is 10.7. The highest BCUT2D eigenvalue weighted by Crippen LogP contribution is 2.13. The molecule has 0 bridgehead atoms. The number of hydrogen-bond acceptors (Lipinski definition) is 4. The lowest BCUT2D eigenvalue weighted by molar-refractivity contribution is -0.117. The van der Waals surface area contributed by atoms with E-state index in [0.717, 1.165) is 11.1 Å². The second kappa shape index (κ2) is 3.87. The zero-order valence-electron chi connectivity index (χ0n) is 7.84. The quantitative estimate of drug-likeness (QED) is 0.727. The SMILES string of the molecule is NC(=O)Cc1ccc(-c2nnn[nH]2)cc1. The van der Waals surface area contributed by atoms with Crippen LogP contribution in [0.1, 0.15) is 5.56 Å². The number of primary amides is 1. The summed E-state index contributed by atoms with van der Waals surface area (Å²) in [4.78, 5) is 10.7. The molecule has 3 N–H and O–H groups in total. The van der Waals surface area contributed by atoms with E-state index in [9.17, 15) is 4.79 Å². The smallest absolute Gasteiger partial charge is 0.221 e. The fourth-order valence-corrected chi connectivity index (χ4v) is 1.26. The van der Waals surface area contributed by atoms with Gasteiger partial charge in [-0.3, -0.25) is 4.79 Å². The number of carbonyl (C=O) groups is 1. The summed E-state index contributed by atoms with van der Waals surface area (Å²) in [5.41, 5.74) is 6.82. The molecule has 1 aromatic carbocycles. The molecule has 2 rings (SSSR count). The van der Waals surface area contributed by atoms with Crippen molar-refractivity contribution in [3.8, 4) is 11.4 Å². The van der Waals surface area contributed by atoms with Gasteiger partial charge in [-0.1, -0.05) is 24.3 Å². The van der Waals surface area contributed by atoms with Gasteiger partial charge in [-0.25, -0.2) is 5.10 Å².